The Morgan fingerprint density at radius 2 is 2.04 bits per heavy atom. The van der Waals surface area contributed by atoms with Crippen LogP contribution in [-0.4, -0.2) is 46.7 Å². The fourth-order valence-corrected chi connectivity index (χ4v) is 3.44. The molecule has 0 aromatic heterocycles. The second-order valence-corrected chi connectivity index (χ2v) is 7.14. The molecule has 1 fully saturated rings. The van der Waals surface area contributed by atoms with Gasteiger partial charge in [0, 0.05) is 13.0 Å². The van der Waals surface area contributed by atoms with Gasteiger partial charge in [0.05, 0.1) is 24.0 Å². The molecule has 0 saturated carbocycles. The van der Waals surface area contributed by atoms with E-state index in [2.05, 4.69) is 5.32 Å². The van der Waals surface area contributed by atoms with Crippen molar-refractivity contribution < 1.29 is 24.2 Å². The normalized spacial score (nSPS) is 16.7. The lowest BCUT2D eigenvalue weighted by atomic mass is 10.2. The van der Waals surface area contributed by atoms with Gasteiger partial charge in [-0.3, -0.25) is 14.5 Å². The lowest BCUT2D eigenvalue weighted by molar-refractivity contribution is -0.307. The predicted molar refractivity (Wildman–Crippen MR) is 100 cm³/mol. The third kappa shape index (κ3) is 5.06. The minimum absolute atomic E-state index is 0.0557. The molecule has 26 heavy (non-hydrogen) atoms. The van der Waals surface area contributed by atoms with Gasteiger partial charge >= 0.3 is 0 Å². The maximum absolute atomic E-state index is 12.5. The van der Waals surface area contributed by atoms with Crippen molar-refractivity contribution in [1.29, 1.82) is 0 Å². The number of nitrogens with zero attached hydrogens (tertiary/aromatic N) is 1. The van der Waals surface area contributed by atoms with E-state index < -0.39 is 17.9 Å². The molecule has 1 aliphatic rings. The predicted octanol–water partition coefficient (Wildman–Crippen LogP) is 0.541. The van der Waals surface area contributed by atoms with Gasteiger partial charge in [-0.05, 0) is 30.7 Å². The number of nitrogens with one attached hydrogen (secondary N) is 1. The lowest BCUT2D eigenvalue weighted by Gasteiger charge is -2.17. The minimum atomic E-state index is -1.37. The van der Waals surface area contributed by atoms with E-state index in [4.69, 9.17) is 17.0 Å². The lowest BCUT2D eigenvalue weighted by Crippen LogP contribution is -2.46. The quantitative estimate of drug-likeness (QED) is 0.533. The second kappa shape index (κ2) is 8.81. The van der Waals surface area contributed by atoms with E-state index in [1.807, 2.05) is 12.1 Å². The maximum atomic E-state index is 12.5. The zero-order valence-corrected chi connectivity index (χ0v) is 15.8. The molecule has 1 heterocycles. The summed E-state index contributed by atoms with van der Waals surface area (Å²) in [5.41, 5.74) is 0.826. The van der Waals surface area contributed by atoms with Crippen LogP contribution in [0.2, 0.25) is 0 Å². The number of hydrogen-bond donors (Lipinski definition) is 1. The van der Waals surface area contributed by atoms with Crippen LogP contribution in [0.25, 0.3) is 6.08 Å². The number of carbonyl (C=O) groups is 3. The van der Waals surface area contributed by atoms with Crippen molar-refractivity contribution in [2.24, 2.45) is 0 Å². The SMILES string of the molecule is COc1ccc(/C=C2/SC(=S)N(CCC(=O)N[C@@H](C)C(=O)[O-])C2=O)cc1. The van der Waals surface area contributed by atoms with Crippen molar-refractivity contribution in [3.05, 3.63) is 34.7 Å². The van der Waals surface area contributed by atoms with E-state index in [1.54, 1.807) is 25.3 Å². The number of carbonyl (C=O) groups excluding carboxylic acids is 3. The summed E-state index contributed by atoms with van der Waals surface area (Å²) in [6.45, 7) is 1.39. The van der Waals surface area contributed by atoms with E-state index in [0.717, 1.165) is 17.3 Å². The van der Waals surface area contributed by atoms with Crippen LogP contribution in [0.5, 0.6) is 5.75 Å². The summed E-state index contributed by atoms with van der Waals surface area (Å²) < 4.78 is 5.45. The highest BCUT2D eigenvalue weighted by Gasteiger charge is 2.32. The van der Waals surface area contributed by atoms with Crippen LogP contribution in [0.1, 0.15) is 18.9 Å². The van der Waals surface area contributed by atoms with Crippen molar-refractivity contribution >= 4 is 52.2 Å². The van der Waals surface area contributed by atoms with Gasteiger partial charge < -0.3 is 20.0 Å². The van der Waals surface area contributed by atoms with Gasteiger partial charge in [0.2, 0.25) is 5.91 Å². The number of carboxylic acids is 1. The van der Waals surface area contributed by atoms with Crippen molar-refractivity contribution in [3.8, 4) is 5.75 Å². The summed E-state index contributed by atoms with van der Waals surface area (Å²) in [5, 5.41) is 12.9. The molecule has 138 valence electrons. The zero-order valence-electron chi connectivity index (χ0n) is 14.2. The fourth-order valence-electron chi connectivity index (χ4n) is 2.13. The summed E-state index contributed by atoms with van der Waals surface area (Å²) in [4.78, 5) is 36.6. The van der Waals surface area contributed by atoms with Crippen LogP contribution in [0, 0.1) is 0 Å². The van der Waals surface area contributed by atoms with E-state index in [1.165, 1.54) is 11.8 Å². The van der Waals surface area contributed by atoms with Crippen molar-refractivity contribution in [1.82, 2.24) is 10.2 Å². The van der Waals surface area contributed by atoms with Crippen molar-refractivity contribution in [2.45, 2.75) is 19.4 Å². The molecule has 2 amide bonds. The first-order chi connectivity index (χ1) is 12.3. The molecule has 1 aromatic rings. The first-order valence-electron chi connectivity index (χ1n) is 7.71. The number of ether oxygens (including phenoxy) is 1. The van der Waals surface area contributed by atoms with Crippen LogP contribution < -0.4 is 15.2 Å². The molecule has 1 aromatic carbocycles. The average molecular weight is 393 g/mol. The van der Waals surface area contributed by atoms with E-state index in [-0.39, 0.29) is 18.9 Å². The van der Waals surface area contributed by atoms with Gasteiger partial charge in [0.15, 0.2) is 0 Å². The fraction of sp³-hybridized carbons (Fsp3) is 0.294. The smallest absolute Gasteiger partial charge is 0.266 e. The Morgan fingerprint density at radius 1 is 1.38 bits per heavy atom. The molecule has 9 heteroatoms. The molecular formula is C17H17N2O5S2-. The molecule has 0 spiro atoms. The number of thioether (sulfide) groups is 1. The topological polar surface area (TPSA) is 98.8 Å². The highest BCUT2D eigenvalue weighted by atomic mass is 32.2. The monoisotopic (exact) mass is 393 g/mol. The number of rotatable bonds is 7. The first kappa shape index (κ1) is 19.9. The van der Waals surface area contributed by atoms with Gasteiger partial charge in [-0.1, -0.05) is 36.1 Å². The number of hydrogen-bond acceptors (Lipinski definition) is 7. The Bertz CT molecular complexity index is 761. The molecule has 1 saturated heterocycles. The number of methoxy groups -OCH3 is 1. The Labute approximate surface area is 160 Å². The number of thiocarbonyl (C=S) groups is 1. The number of amides is 2. The largest absolute Gasteiger partial charge is 0.548 e. The third-order valence-corrected chi connectivity index (χ3v) is 4.96. The number of carboxylic acid groups (broad SMARTS) is 1. The molecule has 0 aliphatic carbocycles. The maximum Gasteiger partial charge on any atom is 0.266 e. The summed E-state index contributed by atoms with van der Waals surface area (Å²) in [6, 6.07) is 6.12. The van der Waals surface area contributed by atoms with Crippen LogP contribution in [-0.2, 0) is 14.4 Å². The highest BCUT2D eigenvalue weighted by molar-refractivity contribution is 8.26. The third-order valence-electron chi connectivity index (χ3n) is 3.58. The molecule has 1 atom stereocenters. The Morgan fingerprint density at radius 3 is 2.62 bits per heavy atom. The molecule has 1 aliphatic heterocycles. The van der Waals surface area contributed by atoms with Gasteiger partial charge in [-0.15, -0.1) is 0 Å². The summed E-state index contributed by atoms with van der Waals surface area (Å²) in [7, 11) is 1.57. The minimum Gasteiger partial charge on any atom is -0.548 e. The van der Waals surface area contributed by atoms with Crippen LogP contribution >= 0.6 is 24.0 Å². The first-order valence-corrected chi connectivity index (χ1v) is 8.94. The highest BCUT2D eigenvalue weighted by Crippen LogP contribution is 2.32. The average Bonchev–Trinajstić information content (AvgIpc) is 2.87. The van der Waals surface area contributed by atoms with Gasteiger partial charge in [0.25, 0.3) is 5.91 Å². The molecule has 0 unspecified atom stereocenters. The Balaban J connectivity index is 1.98. The molecule has 7 nitrogen and oxygen atoms in total. The number of benzene rings is 1. The van der Waals surface area contributed by atoms with Crippen LogP contribution in [0.15, 0.2) is 29.2 Å². The molecule has 2 rings (SSSR count). The standard InChI is InChI=1S/C17H18N2O5S2/c1-10(16(22)23)18-14(20)7-8-19-15(21)13(26-17(19)25)9-11-3-5-12(24-2)6-4-11/h3-6,9-10H,7-8H2,1-2H3,(H,18,20)(H,22,23)/p-1/b13-9+/t10-/m0/s1. The summed E-state index contributed by atoms with van der Waals surface area (Å²) >= 11 is 6.36. The zero-order chi connectivity index (χ0) is 19.3. The Kier molecular flexibility index (Phi) is 6.76. The Hall–Kier alpha value is -2.39. The summed E-state index contributed by atoms with van der Waals surface area (Å²) in [6.07, 6.45) is 1.66. The molecular weight excluding hydrogens is 376 g/mol. The van der Waals surface area contributed by atoms with Crippen LogP contribution in [0.3, 0.4) is 0 Å². The van der Waals surface area contributed by atoms with Crippen LogP contribution in [0.4, 0.5) is 0 Å². The second-order valence-electron chi connectivity index (χ2n) is 5.46. The summed E-state index contributed by atoms with van der Waals surface area (Å²) in [5.74, 6) is -1.43. The van der Waals surface area contributed by atoms with Gasteiger partial charge in [-0.25, -0.2) is 0 Å². The van der Waals surface area contributed by atoms with E-state index in [0.29, 0.717) is 15.0 Å². The van der Waals surface area contributed by atoms with Crippen molar-refractivity contribution in [3.63, 3.8) is 0 Å². The molecule has 1 N–H and O–H groups in total. The van der Waals surface area contributed by atoms with E-state index in [9.17, 15) is 19.5 Å². The van der Waals surface area contributed by atoms with Gasteiger partial charge in [-0.2, -0.15) is 0 Å². The van der Waals surface area contributed by atoms with Gasteiger partial charge in [0.1, 0.15) is 10.1 Å². The molecule has 0 radical (unpaired) electrons. The van der Waals surface area contributed by atoms with E-state index >= 15 is 0 Å². The number of aliphatic carboxylic acids is 1. The molecule has 0 bridgehead atoms. The van der Waals surface area contributed by atoms with Crippen molar-refractivity contribution in [2.75, 3.05) is 13.7 Å².